The molecule has 0 aliphatic heterocycles. The average molecular weight is 233 g/mol. The van der Waals surface area contributed by atoms with Gasteiger partial charge in [-0.2, -0.15) is 0 Å². The molecule has 0 amide bonds. The number of hydrogen-bond donors (Lipinski definition) is 2. The molecule has 3 heteroatoms. The maximum absolute atomic E-state index is 4.62. The van der Waals surface area contributed by atoms with Crippen LogP contribution in [0.25, 0.3) is 0 Å². The molecule has 1 aromatic rings. The molecule has 2 N–H and O–H groups in total. The minimum Gasteiger partial charge on any atom is -0.314 e. The van der Waals surface area contributed by atoms with Crippen LogP contribution in [0.1, 0.15) is 37.1 Å². The second kappa shape index (κ2) is 6.72. The first-order valence-electron chi connectivity index (χ1n) is 6.71. The van der Waals surface area contributed by atoms with E-state index in [4.69, 9.17) is 0 Å². The van der Waals surface area contributed by atoms with Crippen molar-refractivity contribution in [2.75, 3.05) is 13.6 Å². The van der Waals surface area contributed by atoms with Crippen molar-refractivity contribution in [1.82, 2.24) is 15.6 Å². The fraction of sp³-hybridized carbons (Fsp3) is 0.643. The van der Waals surface area contributed by atoms with Crippen molar-refractivity contribution in [2.45, 2.75) is 44.7 Å². The lowest BCUT2D eigenvalue weighted by Crippen LogP contribution is -2.17. The SMILES string of the molecule is CNCc1cccc(CCCCNC2CC2)n1. The molecule has 0 radical (unpaired) electrons. The molecular weight excluding hydrogens is 210 g/mol. The minimum absolute atomic E-state index is 0.840. The molecule has 0 bridgehead atoms. The highest BCUT2D eigenvalue weighted by atomic mass is 14.9. The van der Waals surface area contributed by atoms with Gasteiger partial charge in [-0.05, 0) is 57.8 Å². The van der Waals surface area contributed by atoms with Crippen LogP contribution in [-0.2, 0) is 13.0 Å². The summed E-state index contributed by atoms with van der Waals surface area (Å²) in [4.78, 5) is 4.62. The number of unbranched alkanes of at least 4 members (excludes halogenated alkanes) is 1. The van der Waals surface area contributed by atoms with Crippen LogP contribution in [0.15, 0.2) is 18.2 Å². The number of rotatable bonds is 8. The first kappa shape index (κ1) is 12.5. The fourth-order valence-electron chi connectivity index (χ4n) is 1.97. The highest BCUT2D eigenvalue weighted by Gasteiger charge is 2.19. The van der Waals surface area contributed by atoms with Gasteiger partial charge in [-0.25, -0.2) is 0 Å². The van der Waals surface area contributed by atoms with Crippen molar-refractivity contribution in [3.05, 3.63) is 29.6 Å². The van der Waals surface area contributed by atoms with Gasteiger partial charge in [-0.1, -0.05) is 6.07 Å². The molecule has 1 aliphatic rings. The zero-order chi connectivity index (χ0) is 11.9. The van der Waals surface area contributed by atoms with E-state index >= 15 is 0 Å². The van der Waals surface area contributed by atoms with Crippen LogP contribution in [0.2, 0.25) is 0 Å². The maximum atomic E-state index is 4.62. The highest BCUT2D eigenvalue weighted by Crippen LogP contribution is 2.18. The summed E-state index contributed by atoms with van der Waals surface area (Å²) in [7, 11) is 1.96. The third-order valence-corrected chi connectivity index (χ3v) is 3.09. The number of nitrogens with one attached hydrogen (secondary N) is 2. The molecule has 0 saturated heterocycles. The Labute approximate surface area is 104 Å². The molecule has 1 saturated carbocycles. The number of nitrogens with zero attached hydrogens (tertiary/aromatic N) is 1. The zero-order valence-electron chi connectivity index (χ0n) is 10.7. The molecule has 0 unspecified atom stereocenters. The van der Waals surface area contributed by atoms with Crippen LogP contribution in [0.4, 0.5) is 0 Å². The fourth-order valence-corrected chi connectivity index (χ4v) is 1.97. The monoisotopic (exact) mass is 233 g/mol. The van der Waals surface area contributed by atoms with E-state index in [0.29, 0.717) is 0 Å². The molecule has 1 aliphatic carbocycles. The molecule has 2 rings (SSSR count). The summed E-state index contributed by atoms with van der Waals surface area (Å²) >= 11 is 0. The van der Waals surface area contributed by atoms with E-state index in [9.17, 15) is 0 Å². The largest absolute Gasteiger partial charge is 0.314 e. The Balaban J connectivity index is 1.64. The van der Waals surface area contributed by atoms with Crippen molar-refractivity contribution in [1.29, 1.82) is 0 Å². The Kier molecular flexibility index (Phi) is 4.95. The van der Waals surface area contributed by atoms with Gasteiger partial charge in [-0.3, -0.25) is 4.98 Å². The second-order valence-corrected chi connectivity index (χ2v) is 4.84. The average Bonchev–Trinajstić information content (AvgIpc) is 3.14. The standard InChI is InChI=1S/C14H23N3/c1-15-11-14-7-4-6-13(17-14)5-2-3-10-16-12-8-9-12/h4,6-7,12,15-16H,2-3,5,8-11H2,1H3. The van der Waals surface area contributed by atoms with E-state index in [-0.39, 0.29) is 0 Å². The second-order valence-electron chi connectivity index (χ2n) is 4.84. The van der Waals surface area contributed by atoms with E-state index in [2.05, 4.69) is 33.8 Å². The molecule has 1 heterocycles. The van der Waals surface area contributed by atoms with Crippen molar-refractivity contribution >= 4 is 0 Å². The van der Waals surface area contributed by atoms with Crippen LogP contribution >= 0.6 is 0 Å². The predicted molar refractivity (Wildman–Crippen MR) is 71.0 cm³/mol. The minimum atomic E-state index is 0.840. The third kappa shape index (κ3) is 4.84. The summed E-state index contributed by atoms with van der Waals surface area (Å²) < 4.78 is 0. The van der Waals surface area contributed by atoms with Crippen LogP contribution < -0.4 is 10.6 Å². The van der Waals surface area contributed by atoms with Gasteiger partial charge in [0.05, 0.1) is 5.69 Å². The summed E-state index contributed by atoms with van der Waals surface area (Å²) in [5, 5.41) is 6.68. The Morgan fingerprint density at radius 3 is 2.82 bits per heavy atom. The van der Waals surface area contributed by atoms with Crippen molar-refractivity contribution in [2.24, 2.45) is 0 Å². The lowest BCUT2D eigenvalue weighted by Gasteiger charge is -2.05. The zero-order valence-corrected chi connectivity index (χ0v) is 10.7. The molecule has 0 aromatic carbocycles. The summed E-state index contributed by atoms with van der Waals surface area (Å²) in [5.41, 5.74) is 2.37. The van der Waals surface area contributed by atoms with Crippen LogP contribution in [0, 0.1) is 0 Å². The number of aromatic nitrogens is 1. The number of aryl methyl sites for hydroxylation is 1. The highest BCUT2D eigenvalue weighted by molar-refractivity contribution is 5.11. The van der Waals surface area contributed by atoms with Crippen molar-refractivity contribution in [3.63, 3.8) is 0 Å². The Hall–Kier alpha value is -0.930. The van der Waals surface area contributed by atoms with Gasteiger partial charge in [-0.15, -0.1) is 0 Å². The lowest BCUT2D eigenvalue weighted by atomic mass is 10.1. The van der Waals surface area contributed by atoms with Gasteiger partial charge in [0.25, 0.3) is 0 Å². The summed E-state index contributed by atoms with van der Waals surface area (Å²) in [5.74, 6) is 0. The van der Waals surface area contributed by atoms with Gasteiger partial charge >= 0.3 is 0 Å². The first-order valence-corrected chi connectivity index (χ1v) is 6.71. The summed E-state index contributed by atoms with van der Waals surface area (Å²) in [6, 6.07) is 7.16. The molecule has 94 valence electrons. The van der Waals surface area contributed by atoms with Crippen LogP contribution in [0.3, 0.4) is 0 Å². The van der Waals surface area contributed by atoms with E-state index in [1.807, 2.05) is 7.05 Å². The quantitative estimate of drug-likeness (QED) is 0.673. The van der Waals surface area contributed by atoms with E-state index < -0.39 is 0 Å². The Morgan fingerprint density at radius 1 is 1.24 bits per heavy atom. The van der Waals surface area contributed by atoms with Gasteiger partial charge in [0.15, 0.2) is 0 Å². The molecular formula is C14H23N3. The number of pyridine rings is 1. The number of hydrogen-bond acceptors (Lipinski definition) is 3. The van der Waals surface area contributed by atoms with Gasteiger partial charge in [0.1, 0.15) is 0 Å². The lowest BCUT2D eigenvalue weighted by molar-refractivity contribution is 0.615. The molecule has 17 heavy (non-hydrogen) atoms. The van der Waals surface area contributed by atoms with Crippen LogP contribution in [0.5, 0.6) is 0 Å². The summed E-state index contributed by atoms with van der Waals surface area (Å²) in [6.07, 6.45) is 6.36. The maximum Gasteiger partial charge on any atom is 0.0544 e. The van der Waals surface area contributed by atoms with Crippen LogP contribution in [-0.4, -0.2) is 24.6 Å². The Morgan fingerprint density at radius 2 is 2.06 bits per heavy atom. The van der Waals surface area contributed by atoms with Gasteiger partial charge in [0.2, 0.25) is 0 Å². The molecule has 3 nitrogen and oxygen atoms in total. The normalized spacial score (nSPS) is 15.1. The van der Waals surface area contributed by atoms with E-state index in [0.717, 1.165) is 24.7 Å². The van der Waals surface area contributed by atoms with E-state index in [1.165, 1.54) is 37.9 Å². The topological polar surface area (TPSA) is 37.0 Å². The molecule has 1 fully saturated rings. The summed E-state index contributed by atoms with van der Waals surface area (Å²) in [6.45, 7) is 2.03. The molecule has 0 spiro atoms. The van der Waals surface area contributed by atoms with Gasteiger partial charge < -0.3 is 10.6 Å². The first-order chi connectivity index (χ1) is 8.38. The van der Waals surface area contributed by atoms with E-state index in [1.54, 1.807) is 0 Å². The molecule has 1 aromatic heterocycles. The van der Waals surface area contributed by atoms with Crippen molar-refractivity contribution in [3.8, 4) is 0 Å². The van der Waals surface area contributed by atoms with Crippen molar-refractivity contribution < 1.29 is 0 Å². The van der Waals surface area contributed by atoms with Gasteiger partial charge in [0, 0.05) is 18.3 Å². The smallest absolute Gasteiger partial charge is 0.0544 e. The molecule has 0 atom stereocenters. The Bertz CT molecular complexity index is 334. The predicted octanol–water partition coefficient (Wildman–Crippen LogP) is 1.88. The third-order valence-electron chi connectivity index (χ3n) is 3.09.